The van der Waals surface area contributed by atoms with Gasteiger partial charge in [-0.1, -0.05) is 37.3 Å². The van der Waals surface area contributed by atoms with Crippen LogP contribution in [0.2, 0.25) is 0 Å². The summed E-state index contributed by atoms with van der Waals surface area (Å²) < 4.78 is 19.1. The first-order chi connectivity index (χ1) is 15.4. The highest BCUT2D eigenvalue weighted by Gasteiger charge is 2.27. The molecule has 0 saturated carbocycles. The minimum absolute atomic E-state index is 0.0935. The molecule has 1 unspecified atom stereocenters. The Morgan fingerprint density at radius 1 is 1.19 bits per heavy atom. The average molecular weight is 440 g/mol. The van der Waals surface area contributed by atoms with Gasteiger partial charge in [0.2, 0.25) is 0 Å². The molecule has 3 rings (SSSR count). The van der Waals surface area contributed by atoms with Crippen LogP contribution in [0.3, 0.4) is 0 Å². The molecule has 1 saturated heterocycles. The van der Waals surface area contributed by atoms with Crippen molar-refractivity contribution in [1.29, 1.82) is 0 Å². The van der Waals surface area contributed by atoms with Crippen molar-refractivity contribution in [2.24, 2.45) is 5.92 Å². The number of nitrogens with zero attached hydrogens (tertiary/aromatic N) is 2. The number of carbonyl (C=O) groups is 1. The highest BCUT2D eigenvalue weighted by Crippen LogP contribution is 2.19. The molecule has 32 heavy (non-hydrogen) atoms. The van der Waals surface area contributed by atoms with Crippen molar-refractivity contribution in [2.45, 2.75) is 38.9 Å². The van der Waals surface area contributed by atoms with Crippen LogP contribution in [0.5, 0.6) is 5.75 Å². The number of hydrogen-bond acceptors (Lipinski definition) is 3. The van der Waals surface area contributed by atoms with Crippen molar-refractivity contribution in [1.82, 2.24) is 15.1 Å². The second-order valence-electron chi connectivity index (χ2n) is 8.62. The predicted molar refractivity (Wildman–Crippen MR) is 126 cm³/mol. The summed E-state index contributed by atoms with van der Waals surface area (Å²) in [5.74, 6) is 0.828. The summed E-state index contributed by atoms with van der Waals surface area (Å²) in [5.41, 5.74) is 1.93. The fourth-order valence-electron chi connectivity index (χ4n) is 3.74. The highest BCUT2D eigenvalue weighted by molar-refractivity contribution is 5.74. The van der Waals surface area contributed by atoms with E-state index in [1.807, 2.05) is 35.2 Å². The summed E-state index contributed by atoms with van der Waals surface area (Å²) in [7, 11) is 2.10. The predicted octanol–water partition coefficient (Wildman–Crippen LogP) is 4.83. The molecule has 0 bridgehead atoms. The number of carbonyl (C=O) groups excluding carboxylic acids is 1. The van der Waals surface area contributed by atoms with Crippen LogP contribution in [-0.2, 0) is 13.1 Å². The van der Waals surface area contributed by atoms with Crippen LogP contribution in [-0.4, -0.2) is 48.6 Å². The molecule has 1 aliphatic heterocycles. The van der Waals surface area contributed by atoms with E-state index in [1.54, 1.807) is 12.1 Å². The van der Waals surface area contributed by atoms with E-state index in [4.69, 9.17) is 4.74 Å². The number of likely N-dealkylation sites (tertiary alicyclic amines) is 1. The standard InChI is InChI=1S/C26H34FN3O2/c1-4-20(2)19-32-25-11-7-21(8-12-25)17-28-26(31)30(24-13-15-29(3)16-14-24)18-22-5-9-23(27)10-6-22/h4-12,20,24H,1,13-19H2,2-3H3,(H,28,31). The maximum absolute atomic E-state index is 13.3. The first-order valence-corrected chi connectivity index (χ1v) is 11.3. The number of urea groups is 1. The Morgan fingerprint density at radius 2 is 1.81 bits per heavy atom. The third-order valence-electron chi connectivity index (χ3n) is 5.94. The second kappa shape index (κ2) is 11.7. The first kappa shape index (κ1) is 23.8. The molecule has 1 heterocycles. The molecule has 6 heteroatoms. The molecule has 172 valence electrons. The summed E-state index contributed by atoms with van der Waals surface area (Å²) in [6.45, 7) is 9.24. The molecule has 5 nitrogen and oxygen atoms in total. The summed E-state index contributed by atoms with van der Waals surface area (Å²) in [6, 6.07) is 14.2. The highest BCUT2D eigenvalue weighted by atomic mass is 19.1. The Morgan fingerprint density at radius 3 is 2.44 bits per heavy atom. The molecule has 0 radical (unpaired) electrons. The molecule has 1 N–H and O–H groups in total. The van der Waals surface area contributed by atoms with Crippen LogP contribution in [0, 0.1) is 11.7 Å². The second-order valence-corrected chi connectivity index (χ2v) is 8.62. The van der Waals surface area contributed by atoms with Crippen LogP contribution in [0.15, 0.2) is 61.2 Å². The van der Waals surface area contributed by atoms with Gasteiger partial charge in [0, 0.05) is 25.0 Å². The minimum Gasteiger partial charge on any atom is -0.493 e. The minimum atomic E-state index is -0.268. The number of amides is 2. The van der Waals surface area contributed by atoms with Gasteiger partial charge in [0.15, 0.2) is 0 Å². The van der Waals surface area contributed by atoms with Crippen molar-refractivity contribution in [2.75, 3.05) is 26.7 Å². The third kappa shape index (κ3) is 7.09. The quantitative estimate of drug-likeness (QED) is 0.569. The molecule has 0 aliphatic carbocycles. The van der Waals surface area contributed by atoms with Crippen LogP contribution < -0.4 is 10.1 Å². The smallest absolute Gasteiger partial charge is 0.318 e. The number of piperidine rings is 1. The molecule has 1 atom stereocenters. The van der Waals surface area contributed by atoms with Crippen molar-refractivity contribution < 1.29 is 13.9 Å². The van der Waals surface area contributed by atoms with Crippen molar-refractivity contribution in [3.8, 4) is 5.75 Å². The van der Waals surface area contributed by atoms with Gasteiger partial charge in [-0.25, -0.2) is 9.18 Å². The zero-order valence-corrected chi connectivity index (χ0v) is 19.1. The molecule has 0 aromatic heterocycles. The van der Waals surface area contributed by atoms with E-state index in [-0.39, 0.29) is 17.9 Å². The van der Waals surface area contributed by atoms with E-state index in [1.165, 1.54) is 12.1 Å². The van der Waals surface area contributed by atoms with Crippen molar-refractivity contribution in [3.63, 3.8) is 0 Å². The van der Waals surface area contributed by atoms with Crippen LogP contribution in [0.4, 0.5) is 9.18 Å². The summed E-state index contributed by atoms with van der Waals surface area (Å²) in [4.78, 5) is 17.3. The van der Waals surface area contributed by atoms with E-state index in [0.29, 0.717) is 25.6 Å². The Bertz CT molecular complexity index is 862. The molecule has 1 fully saturated rings. The van der Waals surface area contributed by atoms with E-state index in [2.05, 4.69) is 30.8 Å². The molecule has 0 spiro atoms. The average Bonchev–Trinajstić information content (AvgIpc) is 2.82. The van der Waals surface area contributed by atoms with Crippen LogP contribution >= 0.6 is 0 Å². The maximum atomic E-state index is 13.3. The number of hydrogen-bond donors (Lipinski definition) is 1. The summed E-state index contributed by atoms with van der Waals surface area (Å²) in [5, 5.41) is 3.06. The zero-order valence-electron chi connectivity index (χ0n) is 19.1. The number of ether oxygens (including phenoxy) is 1. The van der Waals surface area contributed by atoms with Crippen molar-refractivity contribution >= 4 is 6.03 Å². The van der Waals surface area contributed by atoms with Gasteiger partial charge in [-0.15, -0.1) is 6.58 Å². The van der Waals surface area contributed by atoms with Gasteiger partial charge in [0.1, 0.15) is 11.6 Å². The number of halogens is 1. The van der Waals surface area contributed by atoms with Crippen molar-refractivity contribution in [3.05, 3.63) is 78.1 Å². The lowest BCUT2D eigenvalue weighted by molar-refractivity contribution is 0.127. The van der Waals surface area contributed by atoms with Crippen LogP contribution in [0.1, 0.15) is 30.9 Å². The molecule has 2 amide bonds. The topological polar surface area (TPSA) is 44.8 Å². The lowest BCUT2D eigenvalue weighted by Crippen LogP contribution is -2.49. The normalized spacial score (nSPS) is 15.7. The number of rotatable bonds is 9. The summed E-state index contributed by atoms with van der Waals surface area (Å²) in [6.07, 6.45) is 3.73. The lowest BCUT2D eigenvalue weighted by atomic mass is 10.0. The number of benzene rings is 2. The van der Waals surface area contributed by atoms with Gasteiger partial charge in [0.25, 0.3) is 0 Å². The van der Waals surface area contributed by atoms with Gasteiger partial charge in [-0.2, -0.15) is 0 Å². The fourth-order valence-corrected chi connectivity index (χ4v) is 3.74. The summed E-state index contributed by atoms with van der Waals surface area (Å²) >= 11 is 0. The van der Waals surface area contributed by atoms with E-state index in [9.17, 15) is 9.18 Å². The fraction of sp³-hybridized carbons (Fsp3) is 0.423. The molecular formula is C26H34FN3O2. The largest absolute Gasteiger partial charge is 0.493 e. The van der Waals surface area contributed by atoms with Gasteiger partial charge >= 0.3 is 6.03 Å². The Labute approximate surface area is 190 Å². The molecule has 2 aromatic carbocycles. The van der Waals surface area contributed by atoms with Gasteiger partial charge in [-0.3, -0.25) is 0 Å². The van der Waals surface area contributed by atoms with E-state index in [0.717, 1.165) is 42.8 Å². The first-order valence-electron chi connectivity index (χ1n) is 11.3. The van der Waals surface area contributed by atoms with Crippen LogP contribution in [0.25, 0.3) is 0 Å². The monoisotopic (exact) mass is 439 g/mol. The Balaban J connectivity index is 1.60. The third-order valence-corrected chi connectivity index (χ3v) is 5.94. The lowest BCUT2D eigenvalue weighted by Gasteiger charge is -2.37. The van der Waals surface area contributed by atoms with E-state index < -0.39 is 0 Å². The SMILES string of the molecule is C=CC(C)COc1ccc(CNC(=O)N(Cc2ccc(F)cc2)C2CCN(C)CC2)cc1. The Kier molecular flexibility index (Phi) is 8.68. The Hall–Kier alpha value is -2.86. The van der Waals surface area contributed by atoms with E-state index >= 15 is 0 Å². The van der Waals surface area contributed by atoms with Gasteiger partial charge < -0.3 is 19.9 Å². The maximum Gasteiger partial charge on any atom is 0.318 e. The van der Waals surface area contributed by atoms with Gasteiger partial charge in [0.05, 0.1) is 6.61 Å². The van der Waals surface area contributed by atoms with Gasteiger partial charge in [-0.05, 0) is 68.4 Å². The molecular weight excluding hydrogens is 405 g/mol. The molecule has 2 aromatic rings. The zero-order chi connectivity index (χ0) is 22.9. The molecule has 1 aliphatic rings. The number of nitrogens with one attached hydrogen (secondary N) is 1.